The number of para-hydroxylation sites is 1. The van der Waals surface area contributed by atoms with Crippen LogP contribution in [0.1, 0.15) is 30.6 Å². The van der Waals surface area contributed by atoms with Crippen molar-refractivity contribution in [3.05, 3.63) is 23.8 Å². The Morgan fingerprint density at radius 2 is 2.17 bits per heavy atom. The first-order chi connectivity index (χ1) is 8.54. The molecule has 1 rings (SSSR count). The van der Waals surface area contributed by atoms with E-state index in [4.69, 9.17) is 14.7 Å². The first-order valence-electron chi connectivity index (χ1n) is 5.70. The minimum absolute atomic E-state index is 0.363. The average Bonchev–Trinajstić information content (AvgIpc) is 2.38. The summed E-state index contributed by atoms with van der Waals surface area (Å²) >= 11 is 0. The minimum atomic E-state index is -0.441. The molecule has 0 radical (unpaired) electrons. The van der Waals surface area contributed by atoms with E-state index in [2.05, 4.69) is 6.07 Å². The Morgan fingerprint density at radius 1 is 1.44 bits per heavy atom. The molecule has 0 aliphatic carbocycles. The Balaban J connectivity index is 2.78. The maximum absolute atomic E-state index is 10.9. The van der Waals surface area contributed by atoms with Crippen molar-refractivity contribution in [3.63, 3.8) is 0 Å². The molecule has 0 N–H and O–H groups in total. The monoisotopic (exact) mass is 247 g/mol. The second-order valence-electron chi connectivity index (χ2n) is 4.59. The SMILES string of the molecule is COc1cccc(C=O)c1OCCC(C)(C)C#N. The van der Waals surface area contributed by atoms with E-state index in [9.17, 15) is 4.79 Å². The van der Waals surface area contributed by atoms with Gasteiger partial charge >= 0.3 is 0 Å². The topological polar surface area (TPSA) is 59.3 Å². The number of nitrogens with zero attached hydrogens (tertiary/aromatic N) is 1. The predicted molar refractivity (Wildman–Crippen MR) is 67.9 cm³/mol. The number of carbonyl (C=O) groups is 1. The smallest absolute Gasteiger partial charge is 0.171 e. The van der Waals surface area contributed by atoms with Gasteiger partial charge in [0.05, 0.1) is 30.8 Å². The summed E-state index contributed by atoms with van der Waals surface area (Å²) in [6.07, 6.45) is 1.31. The molecule has 0 spiro atoms. The fourth-order valence-electron chi connectivity index (χ4n) is 1.40. The molecule has 0 aliphatic rings. The van der Waals surface area contributed by atoms with Crippen LogP contribution in [-0.2, 0) is 0 Å². The van der Waals surface area contributed by atoms with Gasteiger partial charge in [0.1, 0.15) is 0 Å². The normalized spacial score (nSPS) is 10.6. The van der Waals surface area contributed by atoms with Crippen molar-refractivity contribution in [1.82, 2.24) is 0 Å². The summed E-state index contributed by atoms with van der Waals surface area (Å²) in [5.74, 6) is 0.957. The highest BCUT2D eigenvalue weighted by molar-refractivity contribution is 5.81. The third-order valence-corrected chi connectivity index (χ3v) is 2.63. The summed E-state index contributed by atoms with van der Waals surface area (Å²) in [5.41, 5.74) is 0.00714. The number of methoxy groups -OCH3 is 1. The largest absolute Gasteiger partial charge is 0.493 e. The van der Waals surface area contributed by atoms with Crippen molar-refractivity contribution >= 4 is 6.29 Å². The summed E-state index contributed by atoms with van der Waals surface area (Å²) in [7, 11) is 1.52. The molecule has 0 heterocycles. The summed E-state index contributed by atoms with van der Waals surface area (Å²) in [6, 6.07) is 7.34. The second kappa shape index (κ2) is 6.06. The van der Waals surface area contributed by atoms with E-state index < -0.39 is 5.41 Å². The van der Waals surface area contributed by atoms with Crippen LogP contribution in [0.15, 0.2) is 18.2 Å². The molecule has 4 heteroatoms. The Bertz CT molecular complexity index is 461. The number of hydrogen-bond donors (Lipinski definition) is 0. The number of hydrogen-bond acceptors (Lipinski definition) is 4. The molecular weight excluding hydrogens is 230 g/mol. The van der Waals surface area contributed by atoms with E-state index in [-0.39, 0.29) is 0 Å². The summed E-state index contributed by atoms with van der Waals surface area (Å²) in [6.45, 7) is 4.06. The molecule has 18 heavy (non-hydrogen) atoms. The lowest BCUT2D eigenvalue weighted by Crippen LogP contribution is -2.13. The molecule has 96 valence electrons. The van der Waals surface area contributed by atoms with Gasteiger partial charge in [-0.15, -0.1) is 0 Å². The highest BCUT2D eigenvalue weighted by Crippen LogP contribution is 2.30. The van der Waals surface area contributed by atoms with E-state index in [1.165, 1.54) is 7.11 Å². The maximum atomic E-state index is 10.9. The first kappa shape index (κ1) is 14.0. The summed E-state index contributed by atoms with van der Waals surface area (Å²) < 4.78 is 10.7. The van der Waals surface area contributed by atoms with E-state index >= 15 is 0 Å². The molecule has 0 bridgehead atoms. The number of rotatable bonds is 6. The van der Waals surface area contributed by atoms with Gasteiger partial charge in [-0.2, -0.15) is 5.26 Å². The van der Waals surface area contributed by atoms with Gasteiger partial charge < -0.3 is 9.47 Å². The quantitative estimate of drug-likeness (QED) is 0.725. The van der Waals surface area contributed by atoms with Crippen molar-refractivity contribution in [2.24, 2.45) is 5.41 Å². The van der Waals surface area contributed by atoms with Crippen LogP contribution in [0.3, 0.4) is 0 Å². The minimum Gasteiger partial charge on any atom is -0.493 e. The van der Waals surface area contributed by atoms with Crippen LogP contribution in [-0.4, -0.2) is 20.0 Å². The molecular formula is C14H17NO3. The molecule has 0 aliphatic heterocycles. The second-order valence-corrected chi connectivity index (χ2v) is 4.59. The van der Waals surface area contributed by atoms with Gasteiger partial charge in [-0.3, -0.25) is 4.79 Å². The van der Waals surface area contributed by atoms with Gasteiger partial charge in [-0.25, -0.2) is 0 Å². The van der Waals surface area contributed by atoms with E-state index in [0.29, 0.717) is 30.1 Å². The molecule has 1 aromatic carbocycles. The van der Waals surface area contributed by atoms with Gasteiger partial charge in [-0.1, -0.05) is 6.07 Å². The Hall–Kier alpha value is -2.02. The maximum Gasteiger partial charge on any atom is 0.171 e. The van der Waals surface area contributed by atoms with E-state index in [0.717, 1.165) is 6.29 Å². The number of ether oxygens (including phenoxy) is 2. The van der Waals surface area contributed by atoms with Gasteiger partial charge in [0, 0.05) is 0 Å². The van der Waals surface area contributed by atoms with E-state index in [1.54, 1.807) is 18.2 Å². The number of carbonyl (C=O) groups excluding carboxylic acids is 1. The number of benzene rings is 1. The van der Waals surface area contributed by atoms with Gasteiger partial charge in [0.2, 0.25) is 0 Å². The molecule has 0 saturated heterocycles. The number of aldehydes is 1. The molecule has 4 nitrogen and oxygen atoms in total. The molecule has 0 atom stereocenters. The van der Waals surface area contributed by atoms with E-state index in [1.807, 2.05) is 13.8 Å². The van der Waals surface area contributed by atoms with Gasteiger partial charge in [0.25, 0.3) is 0 Å². The van der Waals surface area contributed by atoms with Crippen LogP contribution >= 0.6 is 0 Å². The van der Waals surface area contributed by atoms with Crippen molar-refractivity contribution in [2.45, 2.75) is 20.3 Å². The van der Waals surface area contributed by atoms with Gasteiger partial charge in [-0.05, 0) is 32.4 Å². The Kier molecular flexibility index (Phi) is 4.73. The highest BCUT2D eigenvalue weighted by atomic mass is 16.5. The molecule has 0 aromatic heterocycles. The third kappa shape index (κ3) is 3.49. The lowest BCUT2D eigenvalue weighted by atomic mass is 9.92. The van der Waals surface area contributed by atoms with Crippen LogP contribution < -0.4 is 9.47 Å². The zero-order valence-electron chi connectivity index (χ0n) is 10.9. The van der Waals surface area contributed by atoms with Crippen molar-refractivity contribution in [3.8, 4) is 17.6 Å². The first-order valence-corrected chi connectivity index (χ1v) is 5.70. The summed E-state index contributed by atoms with van der Waals surface area (Å²) in [5, 5.41) is 8.91. The Morgan fingerprint density at radius 3 is 2.72 bits per heavy atom. The van der Waals surface area contributed by atoms with Crippen molar-refractivity contribution in [1.29, 1.82) is 5.26 Å². The molecule has 0 amide bonds. The van der Waals surface area contributed by atoms with Crippen LogP contribution in [0, 0.1) is 16.7 Å². The molecule has 1 aromatic rings. The van der Waals surface area contributed by atoms with Crippen LogP contribution in [0.2, 0.25) is 0 Å². The number of nitriles is 1. The van der Waals surface area contributed by atoms with Crippen LogP contribution in [0.5, 0.6) is 11.5 Å². The third-order valence-electron chi connectivity index (χ3n) is 2.63. The zero-order valence-corrected chi connectivity index (χ0v) is 10.9. The predicted octanol–water partition coefficient (Wildman–Crippen LogP) is 2.83. The van der Waals surface area contributed by atoms with Gasteiger partial charge in [0.15, 0.2) is 17.8 Å². The van der Waals surface area contributed by atoms with Crippen molar-refractivity contribution < 1.29 is 14.3 Å². The average molecular weight is 247 g/mol. The fourth-order valence-corrected chi connectivity index (χ4v) is 1.40. The summed E-state index contributed by atoms with van der Waals surface area (Å²) in [4.78, 5) is 10.9. The fraction of sp³-hybridized carbons (Fsp3) is 0.429. The molecule has 0 unspecified atom stereocenters. The molecule has 0 fully saturated rings. The lowest BCUT2D eigenvalue weighted by Gasteiger charge is -2.17. The standard InChI is InChI=1S/C14H17NO3/c1-14(2,10-15)7-8-18-13-11(9-16)5-4-6-12(13)17-3/h4-6,9H,7-8H2,1-3H3. The van der Waals surface area contributed by atoms with Crippen LogP contribution in [0.25, 0.3) is 0 Å². The van der Waals surface area contributed by atoms with Crippen LogP contribution in [0.4, 0.5) is 0 Å². The zero-order chi connectivity index (χ0) is 13.6. The molecule has 0 saturated carbocycles. The highest BCUT2D eigenvalue weighted by Gasteiger charge is 2.17. The van der Waals surface area contributed by atoms with Crippen molar-refractivity contribution in [2.75, 3.05) is 13.7 Å². The lowest BCUT2D eigenvalue weighted by molar-refractivity contribution is 0.111. The Labute approximate surface area is 107 Å².